The molecule has 1 aliphatic heterocycles. The van der Waals surface area contributed by atoms with Crippen LogP contribution in [0, 0.1) is 5.92 Å². The van der Waals surface area contributed by atoms with E-state index in [1.54, 1.807) is 42.5 Å². The summed E-state index contributed by atoms with van der Waals surface area (Å²) in [7, 11) is 3.02. The number of amides is 2. The molecule has 1 heterocycles. The van der Waals surface area contributed by atoms with E-state index in [0.29, 0.717) is 35.2 Å². The molecule has 0 radical (unpaired) electrons. The standard InChI is InChI=1S/C23H26N2O7/c1-4-31-19-8-6-5-7-17(19)24-21(26)14-32-23(28)15-11-22(27)25(13-15)18-12-16(29-2)9-10-20(18)30-3/h5-10,12,15H,4,11,13-14H2,1-3H3,(H,24,26)/t15-/m1/s1. The Labute approximate surface area is 186 Å². The van der Waals surface area contributed by atoms with Crippen molar-refractivity contribution in [3.05, 3.63) is 42.5 Å². The highest BCUT2D eigenvalue weighted by Gasteiger charge is 2.37. The Hall–Kier alpha value is -3.75. The van der Waals surface area contributed by atoms with Crippen LogP contribution in [0.2, 0.25) is 0 Å². The third-order valence-electron chi connectivity index (χ3n) is 4.94. The molecule has 3 rings (SSSR count). The predicted molar refractivity (Wildman–Crippen MR) is 117 cm³/mol. The second-order valence-corrected chi connectivity index (χ2v) is 7.03. The Morgan fingerprint density at radius 1 is 1.09 bits per heavy atom. The van der Waals surface area contributed by atoms with E-state index in [9.17, 15) is 14.4 Å². The number of hydrogen-bond donors (Lipinski definition) is 1. The minimum Gasteiger partial charge on any atom is -0.497 e. The number of nitrogens with zero attached hydrogens (tertiary/aromatic N) is 1. The highest BCUT2D eigenvalue weighted by atomic mass is 16.5. The lowest BCUT2D eigenvalue weighted by molar-refractivity contribution is -0.151. The van der Waals surface area contributed by atoms with Gasteiger partial charge in [-0.1, -0.05) is 12.1 Å². The number of para-hydroxylation sites is 2. The summed E-state index contributed by atoms with van der Waals surface area (Å²) in [5, 5.41) is 2.66. The molecule has 0 aliphatic carbocycles. The smallest absolute Gasteiger partial charge is 0.311 e. The molecule has 1 fully saturated rings. The average Bonchev–Trinajstić information content (AvgIpc) is 3.20. The quantitative estimate of drug-likeness (QED) is 0.596. The molecule has 2 aromatic carbocycles. The largest absolute Gasteiger partial charge is 0.497 e. The predicted octanol–water partition coefficient (Wildman–Crippen LogP) is 2.64. The molecule has 0 bridgehead atoms. The first-order valence-electron chi connectivity index (χ1n) is 10.2. The van der Waals surface area contributed by atoms with Crippen LogP contribution in [0.3, 0.4) is 0 Å². The van der Waals surface area contributed by atoms with E-state index in [4.69, 9.17) is 18.9 Å². The molecule has 0 saturated carbocycles. The van der Waals surface area contributed by atoms with Gasteiger partial charge in [-0.15, -0.1) is 0 Å². The first kappa shape index (κ1) is 22.9. The maximum absolute atomic E-state index is 12.6. The van der Waals surface area contributed by atoms with Gasteiger partial charge in [-0.05, 0) is 31.2 Å². The number of hydrogen-bond acceptors (Lipinski definition) is 7. The molecule has 9 heteroatoms. The number of esters is 1. The number of carbonyl (C=O) groups excluding carboxylic acids is 3. The lowest BCUT2D eigenvalue weighted by Crippen LogP contribution is -2.28. The average molecular weight is 442 g/mol. The van der Waals surface area contributed by atoms with Crippen LogP contribution in [0.1, 0.15) is 13.3 Å². The fourth-order valence-electron chi connectivity index (χ4n) is 3.40. The highest BCUT2D eigenvalue weighted by Crippen LogP contribution is 2.36. The summed E-state index contributed by atoms with van der Waals surface area (Å²) in [6.45, 7) is 1.95. The maximum Gasteiger partial charge on any atom is 0.311 e. The lowest BCUT2D eigenvalue weighted by Gasteiger charge is -2.20. The Morgan fingerprint density at radius 2 is 1.88 bits per heavy atom. The van der Waals surface area contributed by atoms with Crippen LogP contribution in [0.25, 0.3) is 0 Å². The summed E-state index contributed by atoms with van der Waals surface area (Å²) >= 11 is 0. The molecule has 0 unspecified atom stereocenters. The molecule has 0 spiro atoms. The van der Waals surface area contributed by atoms with Crippen molar-refractivity contribution in [1.29, 1.82) is 0 Å². The van der Waals surface area contributed by atoms with Gasteiger partial charge < -0.3 is 29.2 Å². The zero-order chi connectivity index (χ0) is 23.1. The first-order valence-corrected chi connectivity index (χ1v) is 10.2. The summed E-state index contributed by atoms with van der Waals surface area (Å²) in [6, 6.07) is 12.1. The molecule has 0 aromatic heterocycles. The fraction of sp³-hybridized carbons (Fsp3) is 0.348. The molecule has 1 aliphatic rings. The van der Waals surface area contributed by atoms with Crippen molar-refractivity contribution < 1.29 is 33.3 Å². The van der Waals surface area contributed by atoms with E-state index < -0.39 is 24.4 Å². The van der Waals surface area contributed by atoms with E-state index in [-0.39, 0.29) is 18.9 Å². The number of methoxy groups -OCH3 is 2. The zero-order valence-electron chi connectivity index (χ0n) is 18.3. The highest BCUT2D eigenvalue weighted by molar-refractivity contribution is 6.01. The summed E-state index contributed by atoms with van der Waals surface area (Å²) in [6.07, 6.45) is -0.0199. The van der Waals surface area contributed by atoms with Crippen LogP contribution < -0.4 is 24.4 Å². The van der Waals surface area contributed by atoms with Crippen molar-refractivity contribution in [1.82, 2.24) is 0 Å². The van der Waals surface area contributed by atoms with Crippen molar-refractivity contribution in [3.8, 4) is 17.2 Å². The van der Waals surface area contributed by atoms with E-state index in [2.05, 4.69) is 5.32 Å². The van der Waals surface area contributed by atoms with Gasteiger partial charge in [0, 0.05) is 19.0 Å². The minimum atomic E-state index is -0.693. The van der Waals surface area contributed by atoms with Crippen LogP contribution >= 0.6 is 0 Å². The number of benzene rings is 2. The van der Waals surface area contributed by atoms with Gasteiger partial charge in [-0.25, -0.2) is 0 Å². The second kappa shape index (κ2) is 10.5. The van der Waals surface area contributed by atoms with Crippen LogP contribution in [0.4, 0.5) is 11.4 Å². The molecule has 2 aromatic rings. The number of nitrogens with one attached hydrogen (secondary N) is 1. The van der Waals surface area contributed by atoms with Crippen molar-refractivity contribution in [2.24, 2.45) is 5.92 Å². The number of ether oxygens (including phenoxy) is 4. The lowest BCUT2D eigenvalue weighted by atomic mass is 10.1. The van der Waals surface area contributed by atoms with Gasteiger partial charge in [0.15, 0.2) is 6.61 Å². The minimum absolute atomic E-state index is 0.0199. The number of anilines is 2. The Kier molecular flexibility index (Phi) is 7.54. The van der Waals surface area contributed by atoms with Crippen LogP contribution in [0.15, 0.2) is 42.5 Å². The van der Waals surface area contributed by atoms with Crippen molar-refractivity contribution >= 4 is 29.2 Å². The third kappa shape index (κ3) is 5.29. The summed E-state index contributed by atoms with van der Waals surface area (Å²) < 4.78 is 21.2. The van der Waals surface area contributed by atoms with Gasteiger partial charge in [0.05, 0.1) is 38.1 Å². The normalized spacial score (nSPS) is 15.3. The SMILES string of the molecule is CCOc1ccccc1NC(=O)COC(=O)[C@@H]1CC(=O)N(c2cc(OC)ccc2OC)C1. The Morgan fingerprint density at radius 3 is 2.59 bits per heavy atom. The molecule has 9 nitrogen and oxygen atoms in total. The van der Waals surface area contributed by atoms with E-state index in [0.717, 1.165) is 0 Å². The molecule has 32 heavy (non-hydrogen) atoms. The van der Waals surface area contributed by atoms with E-state index >= 15 is 0 Å². The molecule has 1 atom stereocenters. The zero-order valence-corrected chi connectivity index (χ0v) is 18.3. The van der Waals surface area contributed by atoms with E-state index in [1.165, 1.54) is 19.1 Å². The van der Waals surface area contributed by atoms with Gasteiger partial charge in [0.25, 0.3) is 5.91 Å². The second-order valence-electron chi connectivity index (χ2n) is 7.03. The van der Waals surface area contributed by atoms with Crippen molar-refractivity contribution in [2.45, 2.75) is 13.3 Å². The van der Waals surface area contributed by atoms with Gasteiger partial charge in [0.2, 0.25) is 5.91 Å². The van der Waals surface area contributed by atoms with Crippen LogP contribution in [-0.4, -0.2) is 51.8 Å². The van der Waals surface area contributed by atoms with Gasteiger partial charge in [-0.2, -0.15) is 0 Å². The van der Waals surface area contributed by atoms with Crippen LogP contribution in [0.5, 0.6) is 17.2 Å². The van der Waals surface area contributed by atoms with Crippen molar-refractivity contribution in [2.75, 3.05) is 44.2 Å². The Bertz CT molecular complexity index is 992. The molecular weight excluding hydrogens is 416 g/mol. The topological polar surface area (TPSA) is 103 Å². The number of carbonyl (C=O) groups is 3. The number of rotatable bonds is 9. The monoisotopic (exact) mass is 442 g/mol. The molecule has 1 saturated heterocycles. The van der Waals surface area contributed by atoms with Gasteiger partial charge in [-0.3, -0.25) is 14.4 Å². The summed E-state index contributed by atoms with van der Waals surface area (Å²) in [4.78, 5) is 38.8. The van der Waals surface area contributed by atoms with Crippen molar-refractivity contribution in [3.63, 3.8) is 0 Å². The third-order valence-corrected chi connectivity index (χ3v) is 4.94. The van der Waals surface area contributed by atoms with Crippen LogP contribution in [-0.2, 0) is 19.1 Å². The maximum atomic E-state index is 12.6. The van der Waals surface area contributed by atoms with Gasteiger partial charge in [0.1, 0.15) is 17.2 Å². The molecule has 1 N–H and O–H groups in total. The molecule has 170 valence electrons. The summed E-state index contributed by atoms with van der Waals surface area (Å²) in [5.74, 6) is -0.476. The molecule has 2 amide bonds. The molecular formula is C23H26N2O7. The van der Waals surface area contributed by atoms with Gasteiger partial charge >= 0.3 is 5.97 Å². The summed E-state index contributed by atoms with van der Waals surface area (Å²) in [5.41, 5.74) is 1.00. The fourth-order valence-corrected chi connectivity index (χ4v) is 3.40. The first-order chi connectivity index (χ1) is 15.5. The van der Waals surface area contributed by atoms with E-state index in [1.807, 2.05) is 6.92 Å². The Balaban J connectivity index is 1.59.